The molecule has 196 valence electrons. The highest BCUT2D eigenvalue weighted by atomic mass is 35.5. The molecular formula is C30H64ClN. The summed E-state index contributed by atoms with van der Waals surface area (Å²) >= 11 is 0. The smallest absolute Gasteiger partial charge is 0.0786 e. The quantitative estimate of drug-likeness (QED) is 0.0902. The second kappa shape index (κ2) is 27.5. The first kappa shape index (κ1) is 34.4. The maximum absolute atomic E-state index is 2.34. The van der Waals surface area contributed by atoms with Crippen LogP contribution in [0.2, 0.25) is 0 Å². The molecule has 0 saturated carbocycles. The monoisotopic (exact) mass is 473 g/mol. The molecule has 0 fully saturated rings. The van der Waals surface area contributed by atoms with Crippen LogP contribution in [-0.2, 0) is 0 Å². The SMILES string of the molecule is CCCCCCCCC[N+](CCCCCCC)(CCCCCCC)CCCCCCC.[Cl-]. The molecule has 1 nitrogen and oxygen atoms in total. The van der Waals surface area contributed by atoms with Gasteiger partial charge in [0.25, 0.3) is 0 Å². The molecular weight excluding hydrogens is 410 g/mol. The largest absolute Gasteiger partial charge is 1.00 e. The lowest BCUT2D eigenvalue weighted by atomic mass is 10.0. The van der Waals surface area contributed by atoms with Gasteiger partial charge in [-0.15, -0.1) is 0 Å². The van der Waals surface area contributed by atoms with Gasteiger partial charge in [-0.05, 0) is 51.4 Å². The van der Waals surface area contributed by atoms with Gasteiger partial charge in [0.2, 0.25) is 0 Å². The van der Waals surface area contributed by atoms with Gasteiger partial charge in [-0.3, -0.25) is 0 Å². The Balaban J connectivity index is 0. The summed E-state index contributed by atoms with van der Waals surface area (Å²) in [5, 5.41) is 0. The van der Waals surface area contributed by atoms with Crippen LogP contribution in [0.4, 0.5) is 0 Å². The molecule has 32 heavy (non-hydrogen) atoms. The lowest BCUT2D eigenvalue weighted by molar-refractivity contribution is -0.929. The normalized spacial score (nSPS) is 11.6. The number of quaternary nitrogens is 1. The first-order valence-electron chi connectivity index (χ1n) is 15.1. The minimum absolute atomic E-state index is 0. The molecule has 0 amide bonds. The van der Waals surface area contributed by atoms with Crippen LogP contribution in [0.3, 0.4) is 0 Å². The van der Waals surface area contributed by atoms with Gasteiger partial charge in [0.15, 0.2) is 0 Å². The van der Waals surface area contributed by atoms with Crippen LogP contribution in [-0.4, -0.2) is 30.7 Å². The van der Waals surface area contributed by atoms with E-state index in [-0.39, 0.29) is 12.4 Å². The average molecular weight is 474 g/mol. The van der Waals surface area contributed by atoms with E-state index in [4.69, 9.17) is 0 Å². The number of rotatable bonds is 26. The molecule has 0 aromatic rings. The van der Waals surface area contributed by atoms with Gasteiger partial charge in [-0.25, -0.2) is 0 Å². The van der Waals surface area contributed by atoms with Crippen LogP contribution in [0.25, 0.3) is 0 Å². The Kier molecular flexibility index (Phi) is 29.6. The predicted octanol–water partition coefficient (Wildman–Crippen LogP) is 7.47. The van der Waals surface area contributed by atoms with Crippen molar-refractivity contribution >= 4 is 0 Å². The van der Waals surface area contributed by atoms with Crippen molar-refractivity contribution < 1.29 is 16.9 Å². The molecule has 0 saturated heterocycles. The number of hydrogen-bond acceptors (Lipinski definition) is 0. The number of hydrogen-bond donors (Lipinski definition) is 0. The number of halogens is 1. The topological polar surface area (TPSA) is 0 Å². The molecule has 2 heteroatoms. The van der Waals surface area contributed by atoms with Crippen molar-refractivity contribution in [2.24, 2.45) is 0 Å². The van der Waals surface area contributed by atoms with E-state index in [2.05, 4.69) is 27.7 Å². The van der Waals surface area contributed by atoms with Crippen LogP contribution in [0.1, 0.15) is 169 Å². The molecule has 0 bridgehead atoms. The lowest BCUT2D eigenvalue weighted by Gasteiger charge is -2.40. The van der Waals surface area contributed by atoms with Crippen molar-refractivity contribution in [1.29, 1.82) is 0 Å². The zero-order valence-corrected chi connectivity index (χ0v) is 24.0. The van der Waals surface area contributed by atoms with Gasteiger partial charge in [0, 0.05) is 0 Å². The van der Waals surface area contributed by atoms with Gasteiger partial charge in [0.1, 0.15) is 0 Å². The van der Waals surface area contributed by atoms with Crippen LogP contribution in [0.5, 0.6) is 0 Å². The summed E-state index contributed by atoms with van der Waals surface area (Å²) in [6.45, 7) is 15.2. The second-order valence-electron chi connectivity index (χ2n) is 10.6. The molecule has 0 aromatic heterocycles. The standard InChI is InChI=1S/C30H64N.ClH/c1-5-9-13-17-18-22-26-30-31(27-23-19-14-10-6-2,28-24-20-15-11-7-3)29-25-21-16-12-8-4;/h5-30H2,1-4H3;1H/q+1;/p-1. The Labute approximate surface area is 211 Å². The molecule has 0 aromatic carbocycles. The van der Waals surface area contributed by atoms with E-state index in [0.717, 1.165) is 0 Å². The maximum Gasteiger partial charge on any atom is 0.0786 e. The summed E-state index contributed by atoms with van der Waals surface area (Å²) in [5.74, 6) is 0. The van der Waals surface area contributed by atoms with E-state index < -0.39 is 0 Å². The van der Waals surface area contributed by atoms with Gasteiger partial charge in [-0.1, -0.05) is 118 Å². The van der Waals surface area contributed by atoms with Gasteiger partial charge >= 0.3 is 0 Å². The molecule has 0 heterocycles. The third-order valence-corrected chi connectivity index (χ3v) is 7.44. The van der Waals surface area contributed by atoms with Crippen molar-refractivity contribution in [3.8, 4) is 0 Å². The molecule has 0 radical (unpaired) electrons. The molecule has 0 rings (SSSR count). The Bertz CT molecular complexity index is 295. The second-order valence-corrected chi connectivity index (χ2v) is 10.6. The summed E-state index contributed by atoms with van der Waals surface area (Å²) in [5.41, 5.74) is 0. The molecule has 0 spiro atoms. The van der Waals surface area contributed by atoms with Gasteiger partial charge < -0.3 is 16.9 Å². The lowest BCUT2D eigenvalue weighted by Crippen LogP contribution is -3.00. The van der Waals surface area contributed by atoms with Crippen LogP contribution in [0.15, 0.2) is 0 Å². The highest BCUT2D eigenvalue weighted by Gasteiger charge is 2.25. The summed E-state index contributed by atoms with van der Waals surface area (Å²) in [7, 11) is 0. The van der Waals surface area contributed by atoms with Gasteiger partial charge in [-0.2, -0.15) is 0 Å². The third-order valence-electron chi connectivity index (χ3n) is 7.44. The Morgan fingerprint density at radius 1 is 0.281 bits per heavy atom. The van der Waals surface area contributed by atoms with Crippen LogP contribution in [0, 0.1) is 0 Å². The van der Waals surface area contributed by atoms with Crippen molar-refractivity contribution in [2.75, 3.05) is 26.2 Å². The van der Waals surface area contributed by atoms with E-state index in [1.54, 1.807) is 0 Å². The summed E-state index contributed by atoms with van der Waals surface area (Å²) in [6.07, 6.45) is 31.8. The highest BCUT2D eigenvalue weighted by molar-refractivity contribution is 4.54. The van der Waals surface area contributed by atoms with Crippen LogP contribution >= 0.6 is 0 Å². The fraction of sp³-hybridized carbons (Fsp3) is 1.00. The maximum atomic E-state index is 2.34. The summed E-state index contributed by atoms with van der Waals surface area (Å²) in [6, 6.07) is 0. The molecule has 0 aliphatic carbocycles. The van der Waals surface area contributed by atoms with Crippen molar-refractivity contribution in [3.05, 3.63) is 0 Å². The van der Waals surface area contributed by atoms with E-state index >= 15 is 0 Å². The Morgan fingerprint density at radius 2 is 0.469 bits per heavy atom. The van der Waals surface area contributed by atoms with E-state index in [9.17, 15) is 0 Å². The van der Waals surface area contributed by atoms with E-state index in [1.165, 1.54) is 172 Å². The summed E-state index contributed by atoms with van der Waals surface area (Å²) < 4.78 is 1.47. The minimum atomic E-state index is 0. The van der Waals surface area contributed by atoms with Crippen molar-refractivity contribution in [2.45, 2.75) is 169 Å². The zero-order valence-electron chi connectivity index (χ0n) is 23.2. The molecule has 0 atom stereocenters. The fourth-order valence-electron chi connectivity index (χ4n) is 5.23. The summed E-state index contributed by atoms with van der Waals surface area (Å²) in [4.78, 5) is 0. The molecule has 0 N–H and O–H groups in total. The van der Waals surface area contributed by atoms with Crippen LogP contribution < -0.4 is 12.4 Å². The van der Waals surface area contributed by atoms with Crippen molar-refractivity contribution in [3.63, 3.8) is 0 Å². The van der Waals surface area contributed by atoms with Gasteiger partial charge in [0.05, 0.1) is 26.2 Å². The molecule has 0 aliphatic heterocycles. The first-order valence-corrected chi connectivity index (χ1v) is 15.1. The Morgan fingerprint density at radius 3 is 0.688 bits per heavy atom. The van der Waals surface area contributed by atoms with E-state index in [1.807, 2.05) is 0 Å². The molecule has 0 aliphatic rings. The zero-order chi connectivity index (χ0) is 22.9. The highest BCUT2D eigenvalue weighted by Crippen LogP contribution is 2.20. The number of unbranched alkanes of at least 4 members (excludes halogenated alkanes) is 18. The predicted molar refractivity (Wildman–Crippen MR) is 144 cm³/mol. The fourth-order valence-corrected chi connectivity index (χ4v) is 5.23. The first-order chi connectivity index (χ1) is 15.2. The average Bonchev–Trinajstić information content (AvgIpc) is 2.78. The van der Waals surface area contributed by atoms with E-state index in [0.29, 0.717) is 0 Å². The third kappa shape index (κ3) is 22.1. The Hall–Kier alpha value is 0.250. The number of nitrogens with zero attached hydrogens (tertiary/aromatic N) is 1. The molecule has 0 unspecified atom stereocenters. The minimum Gasteiger partial charge on any atom is -1.00 e. The van der Waals surface area contributed by atoms with Crippen molar-refractivity contribution in [1.82, 2.24) is 0 Å².